The van der Waals surface area contributed by atoms with Gasteiger partial charge in [-0.05, 0) is 6.42 Å². The van der Waals surface area contributed by atoms with Gasteiger partial charge < -0.3 is 14.4 Å². The fourth-order valence-corrected chi connectivity index (χ4v) is 2.51. The number of ether oxygens (including phenoxy) is 1. The molecule has 0 aromatic carbocycles. The monoisotopic (exact) mass is 278 g/mol. The lowest BCUT2D eigenvalue weighted by atomic mass is 10.1. The molecule has 0 aliphatic heterocycles. The predicted molar refractivity (Wildman–Crippen MR) is 78.4 cm³/mol. The minimum absolute atomic E-state index is 0.316. The van der Waals surface area contributed by atoms with E-state index in [2.05, 4.69) is 6.92 Å². The standard InChI is InChI=1S/C14H30O3S/c1-3-4-5-6-7-8-9-10-11-17-12-14(15)13-18(2)16/h14-15H,3-13H2,1-2H3. The van der Waals surface area contributed by atoms with E-state index in [1.165, 1.54) is 44.9 Å². The molecule has 0 aliphatic carbocycles. The van der Waals surface area contributed by atoms with Crippen molar-refractivity contribution in [3.05, 3.63) is 0 Å². The lowest BCUT2D eigenvalue weighted by Gasteiger charge is -2.12. The minimum Gasteiger partial charge on any atom is -0.616 e. The van der Waals surface area contributed by atoms with Crippen LogP contribution < -0.4 is 0 Å². The molecule has 110 valence electrons. The third kappa shape index (κ3) is 14.3. The highest BCUT2D eigenvalue weighted by atomic mass is 32.2. The fourth-order valence-electron chi connectivity index (χ4n) is 1.88. The van der Waals surface area contributed by atoms with Crippen LogP contribution in [0, 0.1) is 0 Å². The van der Waals surface area contributed by atoms with E-state index in [9.17, 15) is 9.66 Å². The van der Waals surface area contributed by atoms with Gasteiger partial charge in [0.05, 0.1) is 12.9 Å². The Labute approximate surface area is 115 Å². The van der Waals surface area contributed by atoms with Gasteiger partial charge in [-0.2, -0.15) is 0 Å². The first-order valence-electron chi connectivity index (χ1n) is 7.22. The number of hydrogen-bond acceptors (Lipinski definition) is 3. The number of rotatable bonds is 13. The topological polar surface area (TPSA) is 52.5 Å². The summed E-state index contributed by atoms with van der Waals surface area (Å²) in [5.41, 5.74) is 0. The van der Waals surface area contributed by atoms with E-state index in [4.69, 9.17) is 4.74 Å². The largest absolute Gasteiger partial charge is 0.616 e. The molecule has 1 N–H and O–H groups in total. The lowest BCUT2D eigenvalue weighted by molar-refractivity contribution is 0.0460. The van der Waals surface area contributed by atoms with E-state index in [0.29, 0.717) is 19.0 Å². The second kappa shape index (κ2) is 13.7. The Hall–Kier alpha value is 0.230. The van der Waals surface area contributed by atoms with E-state index >= 15 is 0 Å². The van der Waals surface area contributed by atoms with Gasteiger partial charge in [0.2, 0.25) is 0 Å². The molecule has 0 rings (SSSR count). The van der Waals surface area contributed by atoms with Crippen molar-refractivity contribution in [1.29, 1.82) is 0 Å². The van der Waals surface area contributed by atoms with Crippen LogP contribution in [0.2, 0.25) is 0 Å². The second-order valence-corrected chi connectivity index (χ2v) is 6.42. The summed E-state index contributed by atoms with van der Waals surface area (Å²) in [6.07, 6.45) is 11.3. The number of unbranched alkanes of at least 4 members (excludes halogenated alkanes) is 7. The van der Waals surface area contributed by atoms with Crippen molar-refractivity contribution >= 4 is 11.2 Å². The Balaban J connectivity index is 3.07. The van der Waals surface area contributed by atoms with Crippen molar-refractivity contribution in [2.24, 2.45) is 0 Å². The van der Waals surface area contributed by atoms with Gasteiger partial charge in [-0.3, -0.25) is 0 Å². The number of aliphatic hydroxyl groups is 1. The molecule has 2 atom stereocenters. The third-order valence-corrected chi connectivity index (χ3v) is 3.73. The first-order chi connectivity index (χ1) is 8.66. The van der Waals surface area contributed by atoms with E-state index < -0.39 is 17.3 Å². The molecule has 0 saturated heterocycles. The summed E-state index contributed by atoms with van der Waals surface area (Å²) in [6, 6.07) is 0. The summed E-state index contributed by atoms with van der Waals surface area (Å²) < 4.78 is 16.2. The van der Waals surface area contributed by atoms with Crippen molar-refractivity contribution in [1.82, 2.24) is 0 Å². The van der Waals surface area contributed by atoms with Crippen molar-refractivity contribution in [3.8, 4) is 0 Å². The summed E-state index contributed by atoms with van der Waals surface area (Å²) >= 11 is -0.940. The zero-order valence-electron chi connectivity index (χ0n) is 12.0. The van der Waals surface area contributed by atoms with Crippen LogP contribution >= 0.6 is 0 Å². The molecule has 0 heterocycles. The Bertz CT molecular complexity index is 165. The fraction of sp³-hybridized carbons (Fsp3) is 1.00. The number of aliphatic hydroxyl groups excluding tert-OH is 1. The van der Waals surface area contributed by atoms with Gasteiger partial charge in [0.25, 0.3) is 0 Å². The molecule has 0 amide bonds. The minimum atomic E-state index is -0.940. The van der Waals surface area contributed by atoms with E-state index in [0.717, 1.165) is 6.42 Å². The molecular weight excluding hydrogens is 248 g/mol. The van der Waals surface area contributed by atoms with E-state index in [1.807, 2.05) is 0 Å². The smallest absolute Gasteiger partial charge is 0.133 e. The highest BCUT2D eigenvalue weighted by molar-refractivity contribution is 7.90. The SMILES string of the molecule is CCCCCCCCCCOCC(O)C[S+](C)[O-]. The molecule has 3 nitrogen and oxygen atoms in total. The van der Waals surface area contributed by atoms with E-state index in [-0.39, 0.29) is 0 Å². The van der Waals surface area contributed by atoms with Crippen LogP contribution in [0.25, 0.3) is 0 Å². The highest BCUT2D eigenvalue weighted by Gasteiger charge is 2.09. The summed E-state index contributed by atoms with van der Waals surface area (Å²) in [7, 11) is 0. The molecule has 0 aliphatic rings. The predicted octanol–water partition coefficient (Wildman–Crippen LogP) is 2.88. The summed E-state index contributed by atoms with van der Waals surface area (Å²) in [5.74, 6) is 0.317. The lowest BCUT2D eigenvalue weighted by Crippen LogP contribution is -2.25. The van der Waals surface area contributed by atoms with Crippen LogP contribution in [0.3, 0.4) is 0 Å². The molecular formula is C14H30O3S. The molecule has 0 bridgehead atoms. The quantitative estimate of drug-likeness (QED) is 0.416. The van der Waals surface area contributed by atoms with Gasteiger partial charge in [0, 0.05) is 6.61 Å². The van der Waals surface area contributed by atoms with Crippen LogP contribution in [0.4, 0.5) is 0 Å². The Morgan fingerprint density at radius 3 is 2.17 bits per heavy atom. The van der Waals surface area contributed by atoms with Gasteiger partial charge in [-0.1, -0.05) is 63.0 Å². The molecule has 0 aromatic rings. The summed E-state index contributed by atoms with van der Waals surface area (Å²) in [6.45, 7) is 3.26. The molecule has 2 unspecified atom stereocenters. The summed E-state index contributed by atoms with van der Waals surface area (Å²) in [5, 5.41) is 9.42. The van der Waals surface area contributed by atoms with Crippen LogP contribution in [0.1, 0.15) is 58.3 Å². The second-order valence-electron chi connectivity index (χ2n) is 4.94. The van der Waals surface area contributed by atoms with Crippen LogP contribution in [-0.4, -0.2) is 41.0 Å². The maximum atomic E-state index is 10.8. The van der Waals surface area contributed by atoms with Gasteiger partial charge in [-0.15, -0.1) is 0 Å². The van der Waals surface area contributed by atoms with E-state index in [1.54, 1.807) is 6.26 Å². The van der Waals surface area contributed by atoms with Gasteiger partial charge in [-0.25, -0.2) is 0 Å². The van der Waals surface area contributed by atoms with Gasteiger partial charge in [0.1, 0.15) is 11.9 Å². The highest BCUT2D eigenvalue weighted by Crippen LogP contribution is 2.08. The van der Waals surface area contributed by atoms with Crippen molar-refractivity contribution in [2.75, 3.05) is 25.2 Å². The Morgan fingerprint density at radius 2 is 1.61 bits per heavy atom. The van der Waals surface area contributed by atoms with Crippen LogP contribution in [0.15, 0.2) is 0 Å². The van der Waals surface area contributed by atoms with Gasteiger partial charge in [0.15, 0.2) is 0 Å². The van der Waals surface area contributed by atoms with Crippen LogP contribution in [-0.2, 0) is 15.9 Å². The summed E-state index contributed by atoms with van der Waals surface area (Å²) in [4.78, 5) is 0. The first-order valence-corrected chi connectivity index (χ1v) is 8.95. The average molecular weight is 278 g/mol. The number of hydrogen-bond donors (Lipinski definition) is 1. The van der Waals surface area contributed by atoms with Crippen molar-refractivity contribution in [2.45, 2.75) is 64.4 Å². The normalized spacial score (nSPS) is 14.7. The third-order valence-electron chi connectivity index (χ3n) is 2.88. The van der Waals surface area contributed by atoms with Gasteiger partial charge >= 0.3 is 0 Å². The molecule has 0 aromatic heterocycles. The zero-order valence-corrected chi connectivity index (χ0v) is 12.8. The maximum absolute atomic E-state index is 10.8. The van der Waals surface area contributed by atoms with Crippen molar-refractivity contribution in [3.63, 3.8) is 0 Å². The van der Waals surface area contributed by atoms with Crippen molar-refractivity contribution < 1.29 is 14.4 Å². The molecule has 4 heteroatoms. The maximum Gasteiger partial charge on any atom is 0.133 e. The molecule has 0 saturated carbocycles. The molecule has 0 radical (unpaired) electrons. The Kier molecular flexibility index (Phi) is 13.8. The zero-order chi connectivity index (χ0) is 13.6. The first kappa shape index (κ1) is 18.2. The molecule has 0 fully saturated rings. The Morgan fingerprint density at radius 1 is 1.06 bits per heavy atom. The molecule has 18 heavy (non-hydrogen) atoms. The average Bonchev–Trinajstić information content (AvgIpc) is 2.30. The molecule has 0 spiro atoms. The van der Waals surface area contributed by atoms with Crippen LogP contribution in [0.5, 0.6) is 0 Å².